The highest BCUT2D eigenvalue weighted by Crippen LogP contribution is 2.25. The Morgan fingerprint density at radius 2 is 2.05 bits per heavy atom. The molecule has 0 bridgehead atoms. The molecule has 5 heteroatoms. The first kappa shape index (κ1) is 15.3. The Labute approximate surface area is 114 Å². The molecule has 0 heterocycles. The zero-order valence-corrected chi connectivity index (χ0v) is 12.0. The van der Waals surface area contributed by atoms with Crippen LogP contribution in [0, 0.1) is 0 Å². The number of nitrogens with two attached hydrogens (primary N) is 1. The monoisotopic (exact) mass is 266 g/mol. The number of amides is 1. The van der Waals surface area contributed by atoms with Crippen molar-refractivity contribution >= 4 is 5.91 Å². The van der Waals surface area contributed by atoms with Gasteiger partial charge in [0.15, 0.2) is 0 Å². The van der Waals surface area contributed by atoms with Gasteiger partial charge in [-0.3, -0.25) is 4.79 Å². The van der Waals surface area contributed by atoms with Gasteiger partial charge >= 0.3 is 0 Å². The van der Waals surface area contributed by atoms with E-state index in [-0.39, 0.29) is 11.9 Å². The molecule has 1 aromatic rings. The van der Waals surface area contributed by atoms with Gasteiger partial charge in [0.2, 0.25) is 0 Å². The molecule has 1 aromatic carbocycles. The van der Waals surface area contributed by atoms with E-state index in [1.807, 2.05) is 6.92 Å². The Morgan fingerprint density at radius 3 is 2.58 bits per heavy atom. The average Bonchev–Trinajstić information content (AvgIpc) is 2.42. The molecule has 0 aliphatic heterocycles. The molecule has 2 N–H and O–H groups in total. The molecule has 5 nitrogen and oxygen atoms in total. The SMILES string of the molecule is COc1ccc(OC)c(C(=O)N(C)CCC(C)N)c1. The summed E-state index contributed by atoms with van der Waals surface area (Å²) in [5, 5.41) is 0. The van der Waals surface area contributed by atoms with Crippen molar-refractivity contribution in [1.82, 2.24) is 4.90 Å². The zero-order valence-electron chi connectivity index (χ0n) is 12.0. The van der Waals surface area contributed by atoms with Gasteiger partial charge in [0, 0.05) is 19.6 Å². The third-order valence-electron chi connectivity index (χ3n) is 2.90. The van der Waals surface area contributed by atoms with Crippen LogP contribution in [0.15, 0.2) is 18.2 Å². The number of hydrogen-bond donors (Lipinski definition) is 1. The molecule has 19 heavy (non-hydrogen) atoms. The quantitative estimate of drug-likeness (QED) is 0.847. The Kier molecular flexibility index (Phi) is 5.63. The van der Waals surface area contributed by atoms with Crippen molar-refractivity contribution in [2.75, 3.05) is 27.8 Å². The molecule has 0 saturated heterocycles. The van der Waals surface area contributed by atoms with E-state index in [9.17, 15) is 4.79 Å². The first-order chi connectivity index (χ1) is 8.99. The number of carbonyl (C=O) groups is 1. The Balaban J connectivity index is 2.90. The number of rotatable bonds is 6. The topological polar surface area (TPSA) is 64.8 Å². The highest BCUT2D eigenvalue weighted by Gasteiger charge is 2.17. The maximum atomic E-state index is 12.4. The standard InChI is InChI=1S/C14H22N2O3/c1-10(15)7-8-16(2)14(17)12-9-11(18-3)5-6-13(12)19-4/h5-6,9-10H,7-8,15H2,1-4H3. The molecule has 0 saturated carbocycles. The number of ether oxygens (including phenoxy) is 2. The van der Waals surface area contributed by atoms with Crippen molar-refractivity contribution in [3.8, 4) is 11.5 Å². The second kappa shape index (κ2) is 6.99. The van der Waals surface area contributed by atoms with Gasteiger partial charge < -0.3 is 20.1 Å². The summed E-state index contributed by atoms with van der Waals surface area (Å²) in [6.07, 6.45) is 0.758. The van der Waals surface area contributed by atoms with E-state index in [2.05, 4.69) is 0 Å². The van der Waals surface area contributed by atoms with Crippen molar-refractivity contribution < 1.29 is 14.3 Å². The number of nitrogens with zero attached hydrogens (tertiary/aromatic N) is 1. The molecular formula is C14H22N2O3. The van der Waals surface area contributed by atoms with E-state index in [0.29, 0.717) is 23.6 Å². The summed E-state index contributed by atoms with van der Waals surface area (Å²) in [4.78, 5) is 14.0. The van der Waals surface area contributed by atoms with Gasteiger partial charge in [-0.2, -0.15) is 0 Å². The highest BCUT2D eigenvalue weighted by atomic mass is 16.5. The van der Waals surface area contributed by atoms with Gasteiger partial charge in [-0.1, -0.05) is 0 Å². The van der Waals surface area contributed by atoms with Crippen LogP contribution < -0.4 is 15.2 Å². The lowest BCUT2D eigenvalue weighted by Crippen LogP contribution is -2.31. The molecule has 0 spiro atoms. The number of methoxy groups -OCH3 is 2. The lowest BCUT2D eigenvalue weighted by atomic mass is 10.1. The van der Waals surface area contributed by atoms with Crippen LogP contribution >= 0.6 is 0 Å². The lowest BCUT2D eigenvalue weighted by Gasteiger charge is -2.20. The minimum Gasteiger partial charge on any atom is -0.497 e. The Morgan fingerprint density at radius 1 is 1.37 bits per heavy atom. The third-order valence-corrected chi connectivity index (χ3v) is 2.90. The molecule has 1 unspecified atom stereocenters. The lowest BCUT2D eigenvalue weighted by molar-refractivity contribution is 0.0788. The summed E-state index contributed by atoms with van der Waals surface area (Å²) in [5.74, 6) is 1.07. The van der Waals surface area contributed by atoms with Gasteiger partial charge in [-0.15, -0.1) is 0 Å². The van der Waals surface area contributed by atoms with Gasteiger partial charge in [-0.25, -0.2) is 0 Å². The molecule has 1 atom stereocenters. The Bertz CT molecular complexity index is 433. The van der Waals surface area contributed by atoms with Crippen LogP contribution in [0.2, 0.25) is 0 Å². The van der Waals surface area contributed by atoms with Crippen molar-refractivity contribution in [2.24, 2.45) is 5.73 Å². The van der Waals surface area contributed by atoms with Gasteiger partial charge in [-0.05, 0) is 31.5 Å². The fourth-order valence-electron chi connectivity index (χ4n) is 1.69. The Hall–Kier alpha value is -1.75. The second-order valence-corrected chi connectivity index (χ2v) is 4.56. The molecule has 0 radical (unpaired) electrons. The van der Waals surface area contributed by atoms with E-state index in [4.69, 9.17) is 15.2 Å². The number of carbonyl (C=O) groups excluding carboxylic acids is 1. The fourth-order valence-corrected chi connectivity index (χ4v) is 1.69. The normalized spacial score (nSPS) is 11.8. The van der Waals surface area contributed by atoms with E-state index < -0.39 is 0 Å². The summed E-state index contributed by atoms with van der Waals surface area (Å²) < 4.78 is 10.4. The molecular weight excluding hydrogens is 244 g/mol. The smallest absolute Gasteiger partial charge is 0.257 e. The molecule has 0 aliphatic rings. The van der Waals surface area contributed by atoms with Crippen molar-refractivity contribution in [1.29, 1.82) is 0 Å². The first-order valence-corrected chi connectivity index (χ1v) is 6.22. The minimum atomic E-state index is -0.101. The second-order valence-electron chi connectivity index (χ2n) is 4.56. The maximum Gasteiger partial charge on any atom is 0.257 e. The highest BCUT2D eigenvalue weighted by molar-refractivity contribution is 5.97. The van der Waals surface area contributed by atoms with Crippen molar-refractivity contribution in [3.05, 3.63) is 23.8 Å². The zero-order chi connectivity index (χ0) is 14.4. The molecule has 1 amide bonds. The van der Waals surface area contributed by atoms with E-state index in [1.165, 1.54) is 0 Å². The molecule has 0 aromatic heterocycles. The van der Waals surface area contributed by atoms with Crippen LogP contribution in [-0.4, -0.2) is 44.7 Å². The van der Waals surface area contributed by atoms with Crippen LogP contribution in [0.4, 0.5) is 0 Å². The van der Waals surface area contributed by atoms with Crippen LogP contribution in [0.3, 0.4) is 0 Å². The summed E-state index contributed by atoms with van der Waals surface area (Å²) in [7, 11) is 4.86. The minimum absolute atomic E-state index is 0.0717. The largest absolute Gasteiger partial charge is 0.497 e. The van der Waals surface area contributed by atoms with E-state index in [0.717, 1.165) is 6.42 Å². The van der Waals surface area contributed by atoms with Crippen LogP contribution in [-0.2, 0) is 0 Å². The van der Waals surface area contributed by atoms with Crippen LogP contribution in [0.25, 0.3) is 0 Å². The van der Waals surface area contributed by atoms with Crippen molar-refractivity contribution in [2.45, 2.75) is 19.4 Å². The molecule has 0 fully saturated rings. The summed E-state index contributed by atoms with van der Waals surface area (Å²) in [6.45, 7) is 2.53. The molecule has 1 rings (SSSR count). The fraction of sp³-hybridized carbons (Fsp3) is 0.500. The van der Waals surface area contributed by atoms with Crippen molar-refractivity contribution in [3.63, 3.8) is 0 Å². The number of hydrogen-bond acceptors (Lipinski definition) is 4. The predicted molar refractivity (Wildman–Crippen MR) is 74.8 cm³/mol. The van der Waals surface area contributed by atoms with Gasteiger partial charge in [0.25, 0.3) is 5.91 Å². The summed E-state index contributed by atoms with van der Waals surface area (Å²) >= 11 is 0. The van der Waals surface area contributed by atoms with Crippen LogP contribution in [0.5, 0.6) is 11.5 Å². The average molecular weight is 266 g/mol. The third kappa shape index (κ3) is 4.13. The van der Waals surface area contributed by atoms with E-state index >= 15 is 0 Å². The molecule has 0 aliphatic carbocycles. The number of benzene rings is 1. The van der Waals surface area contributed by atoms with E-state index in [1.54, 1.807) is 44.4 Å². The first-order valence-electron chi connectivity index (χ1n) is 6.22. The van der Waals surface area contributed by atoms with Gasteiger partial charge in [0.1, 0.15) is 11.5 Å². The predicted octanol–water partition coefficient (Wildman–Crippen LogP) is 1.51. The van der Waals surface area contributed by atoms with Crippen LogP contribution in [0.1, 0.15) is 23.7 Å². The van der Waals surface area contributed by atoms with Gasteiger partial charge in [0.05, 0.1) is 19.8 Å². The maximum absolute atomic E-state index is 12.4. The molecule has 106 valence electrons. The summed E-state index contributed by atoms with van der Waals surface area (Å²) in [6, 6.07) is 5.24. The summed E-state index contributed by atoms with van der Waals surface area (Å²) in [5.41, 5.74) is 6.19.